The molecule has 2 aromatic heterocycles. The third kappa shape index (κ3) is 4.59. The van der Waals surface area contributed by atoms with Gasteiger partial charge in [0.2, 0.25) is 0 Å². The van der Waals surface area contributed by atoms with Gasteiger partial charge in [-0.3, -0.25) is 9.69 Å². The molecule has 0 unspecified atom stereocenters. The topological polar surface area (TPSA) is 63.3 Å². The van der Waals surface area contributed by atoms with Crippen LogP contribution in [0.4, 0.5) is 0 Å². The molecule has 0 fully saturated rings. The second kappa shape index (κ2) is 9.02. The molecule has 1 N–H and O–H groups in total. The van der Waals surface area contributed by atoms with Gasteiger partial charge >= 0.3 is 0 Å². The molecular formula is C25H26N4O2. The van der Waals surface area contributed by atoms with Crippen molar-refractivity contribution in [3.05, 3.63) is 96.1 Å². The maximum absolute atomic E-state index is 13.2. The van der Waals surface area contributed by atoms with Crippen LogP contribution in [-0.2, 0) is 0 Å². The molecule has 0 aliphatic carbocycles. The van der Waals surface area contributed by atoms with Crippen molar-refractivity contribution in [2.24, 2.45) is 0 Å². The van der Waals surface area contributed by atoms with Crippen LogP contribution in [0.5, 0.6) is 0 Å². The third-order valence-corrected chi connectivity index (χ3v) is 5.26. The molecule has 0 bridgehead atoms. The molecule has 0 radical (unpaired) electrons. The molecule has 0 saturated heterocycles. The molecule has 0 spiro atoms. The molecule has 31 heavy (non-hydrogen) atoms. The van der Waals surface area contributed by atoms with Gasteiger partial charge in [0.1, 0.15) is 11.5 Å². The molecule has 0 aliphatic heterocycles. The van der Waals surface area contributed by atoms with E-state index in [2.05, 4.69) is 5.32 Å². The predicted octanol–water partition coefficient (Wildman–Crippen LogP) is 4.47. The highest BCUT2D eigenvalue weighted by atomic mass is 16.3. The van der Waals surface area contributed by atoms with E-state index in [4.69, 9.17) is 9.52 Å². The van der Waals surface area contributed by atoms with E-state index in [0.717, 1.165) is 22.6 Å². The number of carbonyl (C=O) groups is 1. The quantitative estimate of drug-likeness (QED) is 0.485. The highest BCUT2D eigenvalue weighted by Crippen LogP contribution is 2.25. The number of likely N-dealkylation sites (N-methyl/N-ethyl adjacent to an activating group) is 1. The second-order valence-corrected chi connectivity index (χ2v) is 7.74. The van der Waals surface area contributed by atoms with E-state index in [1.807, 2.05) is 92.6 Å². The molecule has 158 valence electrons. The van der Waals surface area contributed by atoms with Gasteiger partial charge in [-0.15, -0.1) is 0 Å². The Morgan fingerprint density at radius 1 is 1.06 bits per heavy atom. The molecule has 1 atom stereocenters. The van der Waals surface area contributed by atoms with Gasteiger partial charge in [0.15, 0.2) is 0 Å². The smallest absolute Gasteiger partial charge is 0.255 e. The summed E-state index contributed by atoms with van der Waals surface area (Å²) in [4.78, 5) is 15.3. The summed E-state index contributed by atoms with van der Waals surface area (Å²) in [6.45, 7) is 2.46. The van der Waals surface area contributed by atoms with Gasteiger partial charge in [0.05, 0.1) is 23.6 Å². The van der Waals surface area contributed by atoms with Crippen LogP contribution in [0.15, 0.2) is 83.6 Å². The lowest BCUT2D eigenvalue weighted by Crippen LogP contribution is -2.34. The van der Waals surface area contributed by atoms with Crippen LogP contribution in [0.3, 0.4) is 0 Å². The molecule has 0 saturated carbocycles. The Kier molecular flexibility index (Phi) is 6.00. The lowest BCUT2D eigenvalue weighted by atomic mass is 10.1. The number of aromatic nitrogens is 2. The molecule has 2 heterocycles. The Balaban J connectivity index is 1.64. The Bertz CT molecular complexity index is 1130. The zero-order chi connectivity index (χ0) is 21.8. The van der Waals surface area contributed by atoms with Crippen LogP contribution >= 0.6 is 0 Å². The Morgan fingerprint density at radius 3 is 2.45 bits per heavy atom. The molecule has 0 aliphatic rings. The van der Waals surface area contributed by atoms with E-state index in [1.54, 1.807) is 17.1 Å². The van der Waals surface area contributed by atoms with E-state index in [0.29, 0.717) is 17.8 Å². The molecule has 6 heteroatoms. The van der Waals surface area contributed by atoms with Crippen LogP contribution in [0, 0.1) is 6.92 Å². The van der Waals surface area contributed by atoms with Gasteiger partial charge in [0.25, 0.3) is 5.91 Å². The highest BCUT2D eigenvalue weighted by molar-refractivity contribution is 6.00. The fourth-order valence-corrected chi connectivity index (χ4v) is 3.48. The van der Waals surface area contributed by atoms with Crippen LogP contribution in [-0.4, -0.2) is 41.2 Å². The normalized spacial score (nSPS) is 12.1. The van der Waals surface area contributed by atoms with E-state index < -0.39 is 0 Å². The zero-order valence-corrected chi connectivity index (χ0v) is 17.9. The summed E-state index contributed by atoms with van der Waals surface area (Å²) >= 11 is 0. The summed E-state index contributed by atoms with van der Waals surface area (Å²) in [5.41, 5.74) is 4.15. The van der Waals surface area contributed by atoms with E-state index in [-0.39, 0.29) is 11.9 Å². The number of furan rings is 1. The van der Waals surface area contributed by atoms with E-state index in [9.17, 15) is 4.79 Å². The first kappa shape index (κ1) is 20.6. The number of nitrogens with one attached hydrogen (secondary N) is 1. The number of benzene rings is 2. The van der Waals surface area contributed by atoms with Crippen molar-refractivity contribution >= 4 is 5.91 Å². The summed E-state index contributed by atoms with van der Waals surface area (Å²) < 4.78 is 7.30. The van der Waals surface area contributed by atoms with Crippen molar-refractivity contribution in [1.82, 2.24) is 20.0 Å². The van der Waals surface area contributed by atoms with Crippen molar-refractivity contribution in [2.45, 2.75) is 13.0 Å². The zero-order valence-electron chi connectivity index (χ0n) is 17.9. The van der Waals surface area contributed by atoms with E-state index >= 15 is 0 Å². The minimum absolute atomic E-state index is 0.0639. The minimum Gasteiger partial charge on any atom is -0.468 e. The maximum atomic E-state index is 13.2. The Morgan fingerprint density at radius 2 is 1.81 bits per heavy atom. The van der Waals surface area contributed by atoms with E-state index in [1.165, 1.54) is 0 Å². The van der Waals surface area contributed by atoms with Gasteiger partial charge in [-0.2, -0.15) is 5.10 Å². The molecule has 1 amide bonds. The number of aryl methyl sites for hydroxylation is 1. The summed E-state index contributed by atoms with van der Waals surface area (Å²) in [7, 11) is 3.93. The van der Waals surface area contributed by atoms with Crippen molar-refractivity contribution in [1.29, 1.82) is 0 Å². The number of hydrogen-bond donors (Lipinski definition) is 1. The largest absolute Gasteiger partial charge is 0.468 e. The number of nitrogens with zero attached hydrogens (tertiary/aromatic N) is 3. The maximum Gasteiger partial charge on any atom is 0.255 e. The molecular weight excluding hydrogens is 388 g/mol. The average molecular weight is 415 g/mol. The van der Waals surface area contributed by atoms with Crippen molar-refractivity contribution in [3.63, 3.8) is 0 Å². The average Bonchev–Trinajstić information content (AvgIpc) is 3.45. The molecule has 4 aromatic rings. The second-order valence-electron chi connectivity index (χ2n) is 7.74. The number of rotatable bonds is 7. The van der Waals surface area contributed by atoms with Crippen molar-refractivity contribution in [3.8, 4) is 16.9 Å². The van der Waals surface area contributed by atoms with Crippen LogP contribution in [0.25, 0.3) is 16.9 Å². The SMILES string of the molecule is Cc1ccc(-c2nn(-c3ccccc3)cc2C(=O)NC[C@H](c2ccco2)N(C)C)cc1. The van der Waals surface area contributed by atoms with Gasteiger partial charge in [-0.05, 0) is 45.3 Å². The third-order valence-electron chi connectivity index (χ3n) is 5.26. The lowest BCUT2D eigenvalue weighted by molar-refractivity contribution is 0.0939. The van der Waals surface area contributed by atoms with Gasteiger partial charge in [0, 0.05) is 18.3 Å². The summed E-state index contributed by atoms with van der Waals surface area (Å²) in [5, 5.41) is 7.80. The summed E-state index contributed by atoms with van der Waals surface area (Å²) in [6.07, 6.45) is 3.43. The fraction of sp³-hybridized carbons (Fsp3) is 0.200. The monoisotopic (exact) mass is 414 g/mol. The molecule has 6 nitrogen and oxygen atoms in total. The van der Waals surface area contributed by atoms with Gasteiger partial charge in [-0.25, -0.2) is 4.68 Å². The van der Waals surface area contributed by atoms with Crippen molar-refractivity contribution < 1.29 is 9.21 Å². The number of hydrogen-bond acceptors (Lipinski definition) is 4. The van der Waals surface area contributed by atoms with Crippen LogP contribution in [0.2, 0.25) is 0 Å². The number of para-hydroxylation sites is 1. The first-order valence-electron chi connectivity index (χ1n) is 10.2. The van der Waals surface area contributed by atoms with Crippen LogP contribution < -0.4 is 5.32 Å². The molecule has 4 rings (SSSR count). The summed E-state index contributed by atoms with van der Waals surface area (Å²) in [5.74, 6) is 0.639. The number of amides is 1. The fourth-order valence-electron chi connectivity index (χ4n) is 3.48. The first-order chi connectivity index (χ1) is 15.0. The standard InChI is InChI=1S/C25H26N4O2/c1-18-11-13-19(14-12-18)24-21(17-29(27-24)20-8-5-4-6-9-20)25(30)26-16-22(28(2)3)23-10-7-15-31-23/h4-15,17,22H,16H2,1-3H3,(H,26,30)/t22-/m1/s1. The lowest BCUT2D eigenvalue weighted by Gasteiger charge is -2.22. The predicted molar refractivity (Wildman–Crippen MR) is 121 cm³/mol. The highest BCUT2D eigenvalue weighted by Gasteiger charge is 2.22. The Hall–Kier alpha value is -3.64. The number of carbonyl (C=O) groups excluding carboxylic acids is 1. The first-order valence-corrected chi connectivity index (χ1v) is 10.2. The minimum atomic E-state index is -0.170. The van der Waals surface area contributed by atoms with Gasteiger partial charge < -0.3 is 9.73 Å². The van der Waals surface area contributed by atoms with Gasteiger partial charge in [-0.1, -0.05) is 48.0 Å². The Labute approximate surface area is 182 Å². The van der Waals surface area contributed by atoms with Crippen molar-refractivity contribution in [2.75, 3.05) is 20.6 Å². The molecule has 2 aromatic carbocycles. The summed E-state index contributed by atoms with van der Waals surface area (Å²) in [6, 6.07) is 21.5. The van der Waals surface area contributed by atoms with Crippen LogP contribution in [0.1, 0.15) is 27.7 Å².